The quantitative estimate of drug-likeness (QED) is 0.899. The van der Waals surface area contributed by atoms with Gasteiger partial charge in [0, 0.05) is 4.47 Å². The van der Waals surface area contributed by atoms with E-state index < -0.39 is 0 Å². The van der Waals surface area contributed by atoms with Crippen LogP contribution in [0, 0.1) is 0 Å². The van der Waals surface area contributed by atoms with Gasteiger partial charge in [-0.15, -0.1) is 0 Å². The van der Waals surface area contributed by atoms with E-state index in [2.05, 4.69) is 51.6 Å². The lowest BCUT2D eigenvalue weighted by molar-refractivity contribution is 0.414. The van der Waals surface area contributed by atoms with E-state index in [1.54, 1.807) is 7.11 Å². The van der Waals surface area contributed by atoms with Crippen molar-refractivity contribution >= 4 is 21.6 Å². The largest absolute Gasteiger partial charge is 0.497 e. The fourth-order valence-electron chi connectivity index (χ4n) is 2.41. The van der Waals surface area contributed by atoms with E-state index in [1.807, 2.05) is 12.1 Å². The maximum atomic E-state index is 5.28. The first-order valence-corrected chi connectivity index (χ1v) is 6.75. The van der Waals surface area contributed by atoms with Crippen molar-refractivity contribution in [2.45, 2.75) is 12.5 Å². The summed E-state index contributed by atoms with van der Waals surface area (Å²) in [5, 5.41) is 3.57. The summed E-state index contributed by atoms with van der Waals surface area (Å²) in [6.45, 7) is 0. The van der Waals surface area contributed by atoms with Crippen LogP contribution in [0.5, 0.6) is 5.75 Å². The first-order valence-electron chi connectivity index (χ1n) is 5.96. The molecule has 0 aliphatic carbocycles. The molecule has 1 aliphatic rings. The molecule has 1 unspecified atom stereocenters. The van der Waals surface area contributed by atoms with Crippen LogP contribution in [-0.4, -0.2) is 7.11 Å². The average molecular weight is 304 g/mol. The summed E-state index contributed by atoms with van der Waals surface area (Å²) >= 11 is 3.59. The molecule has 0 saturated heterocycles. The number of rotatable bonds is 2. The van der Waals surface area contributed by atoms with E-state index in [4.69, 9.17) is 4.74 Å². The molecule has 92 valence electrons. The fourth-order valence-corrected chi connectivity index (χ4v) is 2.93. The van der Waals surface area contributed by atoms with Crippen LogP contribution < -0.4 is 10.1 Å². The van der Waals surface area contributed by atoms with Crippen molar-refractivity contribution in [3.63, 3.8) is 0 Å². The van der Waals surface area contributed by atoms with Crippen molar-refractivity contribution in [2.75, 3.05) is 12.4 Å². The predicted octanol–water partition coefficient (Wildman–Crippen LogP) is 4.17. The van der Waals surface area contributed by atoms with E-state index >= 15 is 0 Å². The Morgan fingerprint density at radius 2 is 2.06 bits per heavy atom. The van der Waals surface area contributed by atoms with Crippen LogP contribution in [0.3, 0.4) is 0 Å². The van der Waals surface area contributed by atoms with Gasteiger partial charge in [0.1, 0.15) is 5.75 Å². The summed E-state index contributed by atoms with van der Waals surface area (Å²) in [6.07, 6.45) is 1.02. The first kappa shape index (κ1) is 11.6. The molecule has 1 aliphatic heterocycles. The molecule has 1 heterocycles. The Hall–Kier alpha value is -1.48. The average Bonchev–Trinajstić information content (AvgIpc) is 2.84. The summed E-state index contributed by atoms with van der Waals surface area (Å²) in [7, 11) is 1.70. The van der Waals surface area contributed by atoms with Crippen LogP contribution in [0.15, 0.2) is 46.9 Å². The van der Waals surface area contributed by atoms with E-state index in [9.17, 15) is 0 Å². The molecule has 3 rings (SSSR count). The molecule has 0 aromatic heterocycles. The lowest BCUT2D eigenvalue weighted by Gasteiger charge is -2.13. The van der Waals surface area contributed by atoms with Gasteiger partial charge in [0.05, 0.1) is 18.8 Å². The highest BCUT2D eigenvalue weighted by molar-refractivity contribution is 9.10. The number of para-hydroxylation sites is 1. The highest BCUT2D eigenvalue weighted by Gasteiger charge is 2.23. The Kier molecular flexibility index (Phi) is 3.00. The maximum Gasteiger partial charge on any atom is 0.119 e. The van der Waals surface area contributed by atoms with Gasteiger partial charge in [-0.05, 0) is 51.7 Å². The number of anilines is 1. The second-order valence-electron chi connectivity index (χ2n) is 4.45. The highest BCUT2D eigenvalue weighted by Crippen LogP contribution is 2.39. The Balaban J connectivity index is 1.91. The molecule has 1 atom stereocenters. The summed E-state index contributed by atoms with van der Waals surface area (Å²) in [5.41, 5.74) is 3.83. The normalized spacial score (nSPS) is 17.1. The van der Waals surface area contributed by atoms with Crippen molar-refractivity contribution in [1.29, 1.82) is 0 Å². The monoisotopic (exact) mass is 303 g/mol. The molecular formula is C15H14BrNO. The van der Waals surface area contributed by atoms with Crippen LogP contribution in [-0.2, 0) is 6.42 Å². The van der Waals surface area contributed by atoms with Gasteiger partial charge < -0.3 is 10.1 Å². The Morgan fingerprint density at radius 1 is 1.22 bits per heavy atom. The van der Waals surface area contributed by atoms with Gasteiger partial charge in [0.15, 0.2) is 0 Å². The van der Waals surface area contributed by atoms with E-state index in [1.165, 1.54) is 16.8 Å². The Bertz CT molecular complexity index is 582. The number of ether oxygens (including phenoxy) is 1. The molecule has 0 spiro atoms. The summed E-state index contributed by atoms with van der Waals surface area (Å²) < 4.78 is 6.41. The Labute approximate surface area is 115 Å². The standard InChI is InChI=1S/C15H14BrNO/c1-18-12-6-2-4-10(8-12)14-9-11-5-3-7-13(16)15(11)17-14/h2-8,14,17H,9H2,1H3. The molecule has 0 bridgehead atoms. The third-order valence-corrected chi connectivity index (χ3v) is 4.00. The first-order chi connectivity index (χ1) is 8.78. The van der Waals surface area contributed by atoms with Gasteiger partial charge in [-0.3, -0.25) is 0 Å². The zero-order valence-corrected chi connectivity index (χ0v) is 11.7. The lowest BCUT2D eigenvalue weighted by atomic mass is 10.0. The summed E-state index contributed by atoms with van der Waals surface area (Å²) in [6, 6.07) is 14.9. The van der Waals surface area contributed by atoms with Crippen molar-refractivity contribution in [3.8, 4) is 5.75 Å². The number of hydrogen-bond donors (Lipinski definition) is 1. The van der Waals surface area contributed by atoms with Gasteiger partial charge >= 0.3 is 0 Å². The molecule has 2 aromatic carbocycles. The van der Waals surface area contributed by atoms with Crippen molar-refractivity contribution < 1.29 is 4.74 Å². The van der Waals surface area contributed by atoms with Gasteiger partial charge in [-0.1, -0.05) is 24.3 Å². The molecular weight excluding hydrogens is 290 g/mol. The van der Waals surface area contributed by atoms with Crippen molar-refractivity contribution in [1.82, 2.24) is 0 Å². The third kappa shape index (κ3) is 1.99. The molecule has 18 heavy (non-hydrogen) atoms. The topological polar surface area (TPSA) is 21.3 Å². The molecule has 0 fully saturated rings. The minimum Gasteiger partial charge on any atom is -0.497 e. The van der Waals surface area contributed by atoms with Gasteiger partial charge in [0.25, 0.3) is 0 Å². The number of benzene rings is 2. The summed E-state index contributed by atoms with van der Waals surface area (Å²) in [4.78, 5) is 0. The van der Waals surface area contributed by atoms with Gasteiger partial charge in [-0.25, -0.2) is 0 Å². The zero-order valence-electron chi connectivity index (χ0n) is 10.1. The molecule has 2 aromatic rings. The van der Waals surface area contributed by atoms with Crippen LogP contribution >= 0.6 is 15.9 Å². The van der Waals surface area contributed by atoms with E-state index in [-0.39, 0.29) is 0 Å². The van der Waals surface area contributed by atoms with E-state index in [0.29, 0.717) is 6.04 Å². The number of hydrogen-bond acceptors (Lipinski definition) is 2. The molecule has 2 nitrogen and oxygen atoms in total. The SMILES string of the molecule is COc1cccc(C2Cc3cccc(Br)c3N2)c1. The zero-order chi connectivity index (χ0) is 12.5. The fraction of sp³-hybridized carbons (Fsp3) is 0.200. The number of methoxy groups -OCH3 is 1. The molecule has 0 amide bonds. The number of fused-ring (bicyclic) bond motifs is 1. The number of halogens is 1. The van der Waals surface area contributed by atoms with Crippen LogP contribution in [0.25, 0.3) is 0 Å². The maximum absolute atomic E-state index is 5.28. The van der Waals surface area contributed by atoms with Crippen LogP contribution in [0.1, 0.15) is 17.2 Å². The van der Waals surface area contributed by atoms with Crippen molar-refractivity contribution in [3.05, 3.63) is 58.1 Å². The number of nitrogens with one attached hydrogen (secondary N) is 1. The van der Waals surface area contributed by atoms with Crippen LogP contribution in [0.4, 0.5) is 5.69 Å². The smallest absolute Gasteiger partial charge is 0.119 e. The third-order valence-electron chi connectivity index (χ3n) is 3.34. The molecule has 0 saturated carbocycles. The summed E-state index contributed by atoms with van der Waals surface area (Å²) in [5.74, 6) is 0.907. The molecule has 3 heteroatoms. The lowest BCUT2D eigenvalue weighted by Crippen LogP contribution is -2.05. The van der Waals surface area contributed by atoms with Crippen molar-refractivity contribution in [2.24, 2.45) is 0 Å². The van der Waals surface area contributed by atoms with Gasteiger partial charge in [-0.2, -0.15) is 0 Å². The second kappa shape index (κ2) is 4.65. The van der Waals surface area contributed by atoms with Gasteiger partial charge in [0.2, 0.25) is 0 Å². The minimum atomic E-state index is 0.328. The molecule has 1 N–H and O–H groups in total. The Morgan fingerprint density at radius 3 is 2.83 bits per heavy atom. The highest BCUT2D eigenvalue weighted by atomic mass is 79.9. The predicted molar refractivity (Wildman–Crippen MR) is 77.2 cm³/mol. The second-order valence-corrected chi connectivity index (χ2v) is 5.31. The minimum absolute atomic E-state index is 0.328. The van der Waals surface area contributed by atoms with E-state index in [0.717, 1.165) is 16.6 Å². The van der Waals surface area contributed by atoms with Crippen LogP contribution in [0.2, 0.25) is 0 Å². The molecule has 0 radical (unpaired) electrons.